The monoisotopic (exact) mass is 290 g/mol. The Balaban J connectivity index is 2.07. The van der Waals surface area contributed by atoms with Crippen molar-refractivity contribution >= 4 is 51.4 Å². The van der Waals surface area contributed by atoms with Crippen molar-refractivity contribution in [1.29, 1.82) is 0 Å². The third-order valence-electron chi connectivity index (χ3n) is 1.83. The Morgan fingerprint density at radius 1 is 1.38 bits per heavy atom. The molecule has 84 valence electrons. The van der Waals surface area contributed by atoms with Crippen LogP contribution in [0.1, 0.15) is 4.88 Å². The third kappa shape index (κ3) is 3.04. The van der Waals surface area contributed by atoms with E-state index in [-0.39, 0.29) is 0 Å². The van der Waals surface area contributed by atoms with Gasteiger partial charge in [0, 0.05) is 26.7 Å². The molecule has 0 saturated carbocycles. The Morgan fingerprint density at radius 3 is 2.88 bits per heavy atom. The molecule has 0 spiro atoms. The second-order valence-electron chi connectivity index (χ2n) is 3.03. The molecule has 6 heteroatoms. The molecule has 0 atom stereocenters. The van der Waals surface area contributed by atoms with Crippen LogP contribution < -0.4 is 5.73 Å². The van der Waals surface area contributed by atoms with Gasteiger partial charge >= 0.3 is 0 Å². The average molecular weight is 291 g/mol. The molecule has 2 N–H and O–H groups in total. The van der Waals surface area contributed by atoms with E-state index in [0.717, 1.165) is 15.5 Å². The van der Waals surface area contributed by atoms with E-state index >= 15 is 0 Å². The van der Waals surface area contributed by atoms with E-state index in [1.54, 1.807) is 30.1 Å². The Labute approximate surface area is 112 Å². The zero-order valence-electron chi connectivity index (χ0n) is 8.11. The van der Waals surface area contributed by atoms with Gasteiger partial charge in [-0.1, -0.05) is 23.2 Å². The Kier molecular flexibility index (Phi) is 3.97. The van der Waals surface area contributed by atoms with Crippen molar-refractivity contribution in [3.05, 3.63) is 39.3 Å². The number of anilines is 1. The van der Waals surface area contributed by atoms with Gasteiger partial charge in [0.2, 0.25) is 0 Å². The average Bonchev–Trinajstić information content (AvgIpc) is 2.66. The minimum absolute atomic E-state index is 0.591. The molecule has 2 rings (SSSR count). The minimum Gasteiger partial charge on any atom is -0.375 e. The van der Waals surface area contributed by atoms with E-state index in [1.165, 1.54) is 11.3 Å². The highest BCUT2D eigenvalue weighted by Gasteiger charge is 2.04. The van der Waals surface area contributed by atoms with Crippen molar-refractivity contribution in [2.45, 2.75) is 10.6 Å². The van der Waals surface area contributed by atoms with E-state index in [9.17, 15) is 0 Å². The number of benzene rings is 1. The van der Waals surface area contributed by atoms with Crippen molar-refractivity contribution in [2.75, 3.05) is 5.73 Å². The van der Waals surface area contributed by atoms with Crippen LogP contribution in [0.2, 0.25) is 10.0 Å². The first kappa shape index (κ1) is 12.0. The van der Waals surface area contributed by atoms with Crippen molar-refractivity contribution in [2.24, 2.45) is 0 Å². The summed E-state index contributed by atoms with van der Waals surface area (Å²) in [4.78, 5) is 6.09. The predicted molar refractivity (Wildman–Crippen MR) is 72.5 cm³/mol. The first-order valence-corrected chi connectivity index (χ1v) is 6.99. The summed E-state index contributed by atoms with van der Waals surface area (Å²) in [7, 11) is 0. The minimum atomic E-state index is 0.591. The van der Waals surface area contributed by atoms with Crippen LogP contribution in [0.4, 0.5) is 5.13 Å². The van der Waals surface area contributed by atoms with Crippen LogP contribution >= 0.6 is 46.3 Å². The topological polar surface area (TPSA) is 38.9 Å². The number of thiazole rings is 1. The van der Waals surface area contributed by atoms with Crippen LogP contribution in [0.25, 0.3) is 0 Å². The Hall–Kier alpha value is -0.420. The quantitative estimate of drug-likeness (QED) is 0.856. The summed E-state index contributed by atoms with van der Waals surface area (Å²) in [6.45, 7) is 0. The van der Waals surface area contributed by atoms with Gasteiger partial charge in [-0.05, 0) is 18.2 Å². The molecule has 16 heavy (non-hydrogen) atoms. The van der Waals surface area contributed by atoms with Crippen molar-refractivity contribution in [3.8, 4) is 0 Å². The van der Waals surface area contributed by atoms with Gasteiger partial charge in [-0.2, -0.15) is 0 Å². The van der Waals surface area contributed by atoms with Crippen molar-refractivity contribution < 1.29 is 0 Å². The summed E-state index contributed by atoms with van der Waals surface area (Å²) in [6.07, 6.45) is 1.78. The number of nitrogens with zero attached hydrogens (tertiary/aromatic N) is 1. The zero-order valence-corrected chi connectivity index (χ0v) is 11.3. The lowest BCUT2D eigenvalue weighted by Gasteiger charge is -2.02. The van der Waals surface area contributed by atoms with Crippen LogP contribution in [0.15, 0.2) is 29.3 Å². The van der Waals surface area contributed by atoms with Gasteiger partial charge in [0.25, 0.3) is 0 Å². The molecular weight excluding hydrogens is 283 g/mol. The van der Waals surface area contributed by atoms with Gasteiger partial charge in [-0.15, -0.1) is 23.1 Å². The summed E-state index contributed by atoms with van der Waals surface area (Å²) >= 11 is 15.1. The molecular formula is C10H8Cl2N2S2. The van der Waals surface area contributed by atoms with E-state index in [1.807, 2.05) is 6.07 Å². The van der Waals surface area contributed by atoms with Crippen LogP contribution in [0.3, 0.4) is 0 Å². The van der Waals surface area contributed by atoms with Crippen LogP contribution in [0, 0.1) is 0 Å². The zero-order chi connectivity index (χ0) is 11.5. The highest BCUT2D eigenvalue weighted by Crippen LogP contribution is 2.33. The molecule has 0 bridgehead atoms. The lowest BCUT2D eigenvalue weighted by Crippen LogP contribution is -1.77. The molecule has 0 amide bonds. The van der Waals surface area contributed by atoms with Crippen LogP contribution in [-0.4, -0.2) is 4.98 Å². The van der Waals surface area contributed by atoms with Gasteiger partial charge in [0.1, 0.15) is 0 Å². The van der Waals surface area contributed by atoms with Gasteiger partial charge in [0.05, 0.1) is 5.02 Å². The molecule has 0 fully saturated rings. The Bertz CT molecular complexity index is 499. The van der Waals surface area contributed by atoms with Crippen molar-refractivity contribution in [3.63, 3.8) is 0 Å². The fraction of sp³-hybridized carbons (Fsp3) is 0.100. The molecule has 0 unspecified atom stereocenters. The predicted octanol–water partition coefficient (Wildman–Crippen LogP) is 4.32. The largest absolute Gasteiger partial charge is 0.375 e. The number of nitrogens with two attached hydrogens (primary N) is 1. The van der Waals surface area contributed by atoms with Gasteiger partial charge in [0.15, 0.2) is 5.13 Å². The number of nitrogen functional groups attached to an aromatic ring is 1. The number of hydrogen-bond acceptors (Lipinski definition) is 4. The first-order valence-electron chi connectivity index (χ1n) is 4.43. The molecule has 1 aromatic carbocycles. The highest BCUT2D eigenvalue weighted by atomic mass is 35.5. The first-order chi connectivity index (χ1) is 7.65. The summed E-state index contributed by atoms with van der Waals surface area (Å²) in [5.74, 6) is 0.801. The SMILES string of the molecule is Nc1ncc(CSc2cc(Cl)ccc2Cl)s1. The normalized spacial score (nSPS) is 10.6. The third-order valence-corrected chi connectivity index (χ3v) is 4.62. The van der Waals surface area contributed by atoms with Crippen LogP contribution in [-0.2, 0) is 5.75 Å². The van der Waals surface area contributed by atoms with Gasteiger partial charge in [-0.25, -0.2) is 4.98 Å². The molecule has 0 aliphatic rings. The maximum absolute atomic E-state index is 6.05. The summed E-state index contributed by atoms with van der Waals surface area (Å²) < 4.78 is 0. The van der Waals surface area contributed by atoms with E-state index in [0.29, 0.717) is 15.2 Å². The maximum atomic E-state index is 6.05. The van der Waals surface area contributed by atoms with E-state index in [2.05, 4.69) is 4.98 Å². The van der Waals surface area contributed by atoms with Crippen molar-refractivity contribution in [1.82, 2.24) is 4.98 Å². The summed E-state index contributed by atoms with van der Waals surface area (Å²) in [6, 6.07) is 5.44. The number of halogens is 2. The van der Waals surface area contributed by atoms with E-state index in [4.69, 9.17) is 28.9 Å². The number of hydrogen-bond donors (Lipinski definition) is 1. The number of aromatic nitrogens is 1. The maximum Gasteiger partial charge on any atom is 0.180 e. The van der Waals surface area contributed by atoms with E-state index < -0.39 is 0 Å². The number of rotatable bonds is 3. The summed E-state index contributed by atoms with van der Waals surface area (Å²) in [5.41, 5.74) is 5.55. The molecule has 0 radical (unpaired) electrons. The molecule has 2 nitrogen and oxygen atoms in total. The molecule has 0 aliphatic carbocycles. The molecule has 2 aromatic rings. The molecule has 0 aliphatic heterocycles. The standard InChI is InChI=1S/C10H8Cl2N2S2/c11-6-1-2-8(12)9(3-6)15-5-7-4-14-10(13)16-7/h1-4H,5H2,(H2,13,14). The van der Waals surface area contributed by atoms with Gasteiger partial charge < -0.3 is 5.73 Å². The second-order valence-corrected chi connectivity index (χ2v) is 6.04. The number of thioether (sulfide) groups is 1. The fourth-order valence-electron chi connectivity index (χ4n) is 1.13. The highest BCUT2D eigenvalue weighted by molar-refractivity contribution is 7.98. The molecule has 1 aromatic heterocycles. The fourth-order valence-corrected chi connectivity index (χ4v) is 3.32. The smallest absolute Gasteiger partial charge is 0.180 e. The molecule has 1 heterocycles. The Morgan fingerprint density at radius 2 is 2.19 bits per heavy atom. The lowest BCUT2D eigenvalue weighted by molar-refractivity contribution is 1.36. The second kappa shape index (κ2) is 5.27. The van der Waals surface area contributed by atoms with Crippen LogP contribution in [0.5, 0.6) is 0 Å². The summed E-state index contributed by atoms with van der Waals surface area (Å²) in [5, 5.41) is 2.00. The lowest BCUT2D eigenvalue weighted by atomic mass is 10.4. The van der Waals surface area contributed by atoms with Gasteiger partial charge in [-0.3, -0.25) is 0 Å². The molecule has 0 saturated heterocycles.